The minimum atomic E-state index is -0.514. The van der Waals surface area contributed by atoms with Crippen LogP contribution in [0.4, 0.5) is 0 Å². The summed E-state index contributed by atoms with van der Waals surface area (Å²) in [6.45, 7) is 4.70. The van der Waals surface area contributed by atoms with E-state index in [0.717, 1.165) is 33.9 Å². The molecule has 0 saturated heterocycles. The van der Waals surface area contributed by atoms with Crippen LogP contribution in [0, 0.1) is 0 Å². The number of aliphatic imine (C=N–C) groups is 2. The van der Waals surface area contributed by atoms with E-state index >= 15 is 0 Å². The molecular formula is C42H32N4. The number of nitrogens with one attached hydrogen (secondary N) is 1. The van der Waals surface area contributed by atoms with Crippen molar-refractivity contribution in [1.29, 1.82) is 0 Å². The Hall–Kier alpha value is -5.74. The summed E-state index contributed by atoms with van der Waals surface area (Å²) in [4.78, 5) is 10.8. The van der Waals surface area contributed by atoms with Crippen LogP contribution in [0.1, 0.15) is 42.4 Å². The Morgan fingerprint density at radius 1 is 0.543 bits per heavy atom. The van der Waals surface area contributed by atoms with Gasteiger partial charge in [-0.05, 0) is 45.5 Å². The second-order valence-corrected chi connectivity index (χ2v) is 12.7. The third-order valence-electron chi connectivity index (χ3n) is 9.64. The molecule has 4 nitrogen and oxygen atoms in total. The van der Waals surface area contributed by atoms with Crippen LogP contribution in [0.2, 0.25) is 0 Å². The van der Waals surface area contributed by atoms with Gasteiger partial charge in [-0.1, -0.05) is 147 Å². The van der Waals surface area contributed by atoms with Crippen molar-refractivity contribution in [2.24, 2.45) is 9.98 Å². The second kappa shape index (κ2) is 10.1. The van der Waals surface area contributed by atoms with E-state index in [2.05, 4.69) is 163 Å². The largest absolute Gasteiger partial charge is 0.324 e. The molecule has 4 heteroatoms. The van der Waals surface area contributed by atoms with Crippen molar-refractivity contribution in [3.05, 3.63) is 168 Å². The molecule has 0 bridgehead atoms. The first-order chi connectivity index (χ1) is 22.6. The Balaban J connectivity index is 1.31. The summed E-state index contributed by atoms with van der Waals surface area (Å²) in [5.74, 6) is 1.61. The van der Waals surface area contributed by atoms with Gasteiger partial charge in [-0.2, -0.15) is 0 Å². The molecule has 9 rings (SSSR count). The highest BCUT2D eigenvalue weighted by atomic mass is 15.3. The maximum Gasteiger partial charge on any atom is 0.224 e. The number of aromatic nitrogens is 1. The van der Waals surface area contributed by atoms with Gasteiger partial charge in [0.15, 0.2) is 0 Å². The van der Waals surface area contributed by atoms with E-state index in [1.807, 2.05) is 6.07 Å². The molecule has 2 aliphatic rings. The van der Waals surface area contributed by atoms with Gasteiger partial charge in [0, 0.05) is 27.3 Å². The Morgan fingerprint density at radius 2 is 1.17 bits per heavy atom. The first-order valence-corrected chi connectivity index (χ1v) is 15.9. The number of amidine groups is 2. The van der Waals surface area contributed by atoms with Gasteiger partial charge in [-0.15, -0.1) is 0 Å². The maximum absolute atomic E-state index is 5.41. The molecule has 0 amide bonds. The summed E-state index contributed by atoms with van der Waals surface area (Å²) in [6.07, 6.45) is -0.514. The zero-order valence-corrected chi connectivity index (χ0v) is 25.8. The quantitative estimate of drug-likeness (QED) is 0.217. The smallest absolute Gasteiger partial charge is 0.224 e. The van der Waals surface area contributed by atoms with E-state index in [9.17, 15) is 0 Å². The van der Waals surface area contributed by atoms with Gasteiger partial charge in [0.1, 0.15) is 11.7 Å². The average molecular weight is 593 g/mol. The summed E-state index contributed by atoms with van der Waals surface area (Å²) in [6, 6.07) is 51.6. The summed E-state index contributed by atoms with van der Waals surface area (Å²) >= 11 is 0. The van der Waals surface area contributed by atoms with Crippen molar-refractivity contribution < 1.29 is 0 Å². The predicted molar refractivity (Wildman–Crippen MR) is 191 cm³/mol. The average Bonchev–Trinajstić information content (AvgIpc) is 3.57. The van der Waals surface area contributed by atoms with Crippen LogP contribution in [0.15, 0.2) is 156 Å². The summed E-state index contributed by atoms with van der Waals surface area (Å²) in [5.41, 5.74) is 11.8. The third kappa shape index (κ3) is 4.00. The molecule has 0 spiro atoms. The fourth-order valence-electron chi connectivity index (χ4n) is 7.50. The molecular weight excluding hydrogens is 560 g/mol. The highest BCUT2D eigenvalue weighted by Crippen LogP contribution is 2.53. The van der Waals surface area contributed by atoms with Crippen LogP contribution in [0.25, 0.3) is 44.1 Å². The summed E-state index contributed by atoms with van der Waals surface area (Å²) in [7, 11) is 0. The molecule has 46 heavy (non-hydrogen) atoms. The van der Waals surface area contributed by atoms with Crippen molar-refractivity contribution in [1.82, 2.24) is 9.88 Å². The molecule has 0 radical (unpaired) electrons. The zero-order chi connectivity index (χ0) is 30.8. The van der Waals surface area contributed by atoms with Crippen LogP contribution < -0.4 is 5.32 Å². The number of para-hydroxylation sites is 1. The topological polar surface area (TPSA) is 41.7 Å². The Kier molecular flexibility index (Phi) is 5.88. The molecule has 220 valence electrons. The van der Waals surface area contributed by atoms with Gasteiger partial charge < -0.3 is 5.32 Å². The second-order valence-electron chi connectivity index (χ2n) is 12.7. The molecule has 1 unspecified atom stereocenters. The molecule has 0 fully saturated rings. The van der Waals surface area contributed by atoms with E-state index in [1.165, 1.54) is 44.1 Å². The maximum atomic E-state index is 5.41. The standard InChI is InChI=1S/C42H32N4/c1-42(2)35-22-11-9-20-31(35)33-24-25-34-32-21-10-12-23-36(32)46(38(34)37(33)42)41-44-39(28-16-7-4-8-17-28)43-40(45-41)30-19-13-18-29(26-30)27-14-5-3-6-15-27/h3-26,41H,1-2H3,(H,43,44,45). The Bertz CT molecular complexity index is 2360. The van der Waals surface area contributed by atoms with Gasteiger partial charge in [0.25, 0.3) is 0 Å². The molecule has 2 heterocycles. The molecule has 0 saturated carbocycles. The fourth-order valence-corrected chi connectivity index (χ4v) is 7.50. The van der Waals surface area contributed by atoms with Gasteiger partial charge in [-0.3, -0.25) is 4.57 Å². The lowest BCUT2D eigenvalue weighted by Gasteiger charge is -2.27. The molecule has 6 aromatic carbocycles. The Morgan fingerprint density at radius 3 is 1.98 bits per heavy atom. The number of hydrogen-bond acceptors (Lipinski definition) is 3. The fraction of sp³-hybridized carbons (Fsp3) is 0.0952. The van der Waals surface area contributed by atoms with E-state index in [0.29, 0.717) is 0 Å². The normalized spacial score (nSPS) is 16.4. The molecule has 7 aromatic rings. The van der Waals surface area contributed by atoms with Gasteiger partial charge in [0.2, 0.25) is 6.29 Å². The lowest BCUT2D eigenvalue weighted by molar-refractivity contribution is 0.569. The van der Waals surface area contributed by atoms with Gasteiger partial charge >= 0.3 is 0 Å². The molecule has 1 N–H and O–H groups in total. The van der Waals surface area contributed by atoms with Gasteiger partial charge in [0.05, 0.1) is 11.0 Å². The first-order valence-electron chi connectivity index (χ1n) is 15.9. The van der Waals surface area contributed by atoms with Crippen LogP contribution in [-0.4, -0.2) is 16.2 Å². The Labute approximate surface area is 268 Å². The molecule has 1 aliphatic heterocycles. The first kappa shape index (κ1) is 26.6. The number of fused-ring (bicyclic) bond motifs is 7. The van der Waals surface area contributed by atoms with E-state index in [4.69, 9.17) is 9.98 Å². The van der Waals surface area contributed by atoms with Gasteiger partial charge in [-0.25, -0.2) is 9.98 Å². The molecule has 1 aromatic heterocycles. The van der Waals surface area contributed by atoms with E-state index in [-0.39, 0.29) is 5.41 Å². The predicted octanol–water partition coefficient (Wildman–Crippen LogP) is 9.72. The molecule has 1 atom stereocenters. The number of nitrogens with zero attached hydrogens (tertiary/aromatic N) is 3. The van der Waals surface area contributed by atoms with Crippen molar-refractivity contribution >= 4 is 33.5 Å². The minimum absolute atomic E-state index is 0.187. The number of hydrogen-bond donors (Lipinski definition) is 1. The zero-order valence-electron chi connectivity index (χ0n) is 25.8. The highest BCUT2D eigenvalue weighted by molar-refractivity contribution is 6.17. The van der Waals surface area contributed by atoms with Crippen LogP contribution >= 0.6 is 0 Å². The molecule has 1 aliphatic carbocycles. The van der Waals surface area contributed by atoms with Crippen LogP contribution in [0.5, 0.6) is 0 Å². The SMILES string of the molecule is CC1(C)c2ccccc2-c2ccc3c4ccccc4n(C4N=C(c5ccccc5)NC(c5cccc(-c6ccccc6)c5)=N4)c3c21. The minimum Gasteiger partial charge on any atom is -0.324 e. The van der Waals surface area contributed by atoms with Crippen molar-refractivity contribution in [3.8, 4) is 22.3 Å². The highest BCUT2D eigenvalue weighted by Gasteiger charge is 2.39. The number of rotatable bonds is 4. The van der Waals surface area contributed by atoms with Crippen LogP contribution in [0.3, 0.4) is 0 Å². The monoisotopic (exact) mass is 592 g/mol. The number of benzene rings is 6. The lowest BCUT2D eigenvalue weighted by atomic mass is 9.81. The summed E-state index contributed by atoms with van der Waals surface area (Å²) < 4.78 is 2.38. The van der Waals surface area contributed by atoms with Crippen molar-refractivity contribution in [3.63, 3.8) is 0 Å². The van der Waals surface area contributed by atoms with E-state index in [1.54, 1.807) is 0 Å². The van der Waals surface area contributed by atoms with E-state index < -0.39 is 6.29 Å². The van der Waals surface area contributed by atoms with Crippen molar-refractivity contribution in [2.45, 2.75) is 25.6 Å². The summed E-state index contributed by atoms with van der Waals surface area (Å²) in [5, 5.41) is 6.06. The van der Waals surface area contributed by atoms with Crippen molar-refractivity contribution in [2.75, 3.05) is 0 Å². The third-order valence-corrected chi connectivity index (χ3v) is 9.64. The lowest BCUT2D eigenvalue weighted by Crippen LogP contribution is -2.37. The van der Waals surface area contributed by atoms with Crippen LogP contribution in [-0.2, 0) is 5.41 Å².